The smallest absolute Gasteiger partial charge is 0.277 e. The summed E-state index contributed by atoms with van der Waals surface area (Å²) in [7, 11) is -2.90. The van der Waals surface area contributed by atoms with Crippen molar-refractivity contribution in [2.75, 3.05) is 11.5 Å². The first-order valence-electron chi connectivity index (χ1n) is 8.16. The lowest BCUT2D eigenvalue weighted by molar-refractivity contribution is 0.362. The van der Waals surface area contributed by atoms with Crippen molar-refractivity contribution in [2.45, 2.75) is 56.4 Å². The van der Waals surface area contributed by atoms with Crippen LogP contribution in [0, 0.1) is 5.92 Å². The van der Waals surface area contributed by atoms with Crippen LogP contribution < -0.4 is 0 Å². The second-order valence-corrected chi connectivity index (χ2v) is 10.9. The topological polar surface area (TPSA) is 112 Å². The first-order valence-corrected chi connectivity index (χ1v) is 10.9. The van der Waals surface area contributed by atoms with Crippen LogP contribution in [0.1, 0.15) is 57.0 Å². The lowest BCUT2D eigenvalue weighted by atomic mass is 9.96. The van der Waals surface area contributed by atoms with Gasteiger partial charge in [-0.1, -0.05) is 37.7 Å². The Hall–Kier alpha value is -1.42. The van der Waals surface area contributed by atoms with E-state index in [-0.39, 0.29) is 28.1 Å². The zero-order chi connectivity index (χ0) is 18.2. The van der Waals surface area contributed by atoms with Gasteiger partial charge in [-0.15, -0.1) is 10.2 Å². The molecule has 3 rings (SSSR count). The van der Waals surface area contributed by atoms with Crippen molar-refractivity contribution in [1.82, 2.24) is 20.3 Å². The van der Waals surface area contributed by atoms with Gasteiger partial charge in [0.15, 0.2) is 15.7 Å². The minimum Gasteiger partial charge on any atom is -0.416 e. The molecule has 0 aliphatic carbocycles. The molecule has 1 saturated heterocycles. The zero-order valence-corrected chi connectivity index (χ0v) is 16.4. The SMILES string of the molecule is C[C@@H](Sc1nnc(C[C@@H]2CCS(=O)(=O)C2)o1)c1nc(C(C)(C)C)no1. The highest BCUT2D eigenvalue weighted by atomic mass is 32.2. The number of aromatic nitrogens is 4. The fourth-order valence-corrected chi connectivity index (χ4v) is 5.15. The van der Waals surface area contributed by atoms with Crippen LogP contribution in [-0.2, 0) is 21.7 Å². The molecule has 0 bridgehead atoms. The van der Waals surface area contributed by atoms with Crippen LogP contribution in [0.15, 0.2) is 14.2 Å². The summed E-state index contributed by atoms with van der Waals surface area (Å²) in [4.78, 5) is 4.43. The summed E-state index contributed by atoms with van der Waals surface area (Å²) in [5, 5.41) is 12.4. The first-order chi connectivity index (χ1) is 11.6. The molecule has 0 aromatic carbocycles. The normalized spacial score (nSPS) is 21.5. The Labute approximate surface area is 151 Å². The number of nitrogens with zero attached hydrogens (tertiary/aromatic N) is 4. The monoisotopic (exact) mass is 386 g/mol. The molecule has 1 fully saturated rings. The lowest BCUT2D eigenvalue weighted by Crippen LogP contribution is -2.13. The Morgan fingerprint density at radius 1 is 1.32 bits per heavy atom. The van der Waals surface area contributed by atoms with E-state index in [9.17, 15) is 8.42 Å². The van der Waals surface area contributed by atoms with Crippen LogP contribution >= 0.6 is 11.8 Å². The molecule has 25 heavy (non-hydrogen) atoms. The van der Waals surface area contributed by atoms with Crippen LogP contribution in [-0.4, -0.2) is 40.3 Å². The van der Waals surface area contributed by atoms with E-state index in [2.05, 4.69) is 20.3 Å². The van der Waals surface area contributed by atoms with Crippen molar-refractivity contribution in [3.8, 4) is 0 Å². The molecule has 1 aliphatic rings. The van der Waals surface area contributed by atoms with Crippen molar-refractivity contribution in [1.29, 1.82) is 0 Å². The van der Waals surface area contributed by atoms with E-state index in [1.54, 1.807) is 0 Å². The fraction of sp³-hybridized carbons (Fsp3) is 0.733. The van der Waals surface area contributed by atoms with Gasteiger partial charge in [-0.05, 0) is 19.3 Å². The van der Waals surface area contributed by atoms with E-state index < -0.39 is 9.84 Å². The Balaban J connectivity index is 1.60. The Morgan fingerprint density at radius 2 is 2.08 bits per heavy atom. The third kappa shape index (κ3) is 4.60. The van der Waals surface area contributed by atoms with Gasteiger partial charge < -0.3 is 8.94 Å². The van der Waals surface area contributed by atoms with Gasteiger partial charge >= 0.3 is 0 Å². The van der Waals surface area contributed by atoms with Crippen LogP contribution in [0.5, 0.6) is 0 Å². The van der Waals surface area contributed by atoms with E-state index in [0.717, 1.165) is 0 Å². The number of thioether (sulfide) groups is 1. The average Bonchev–Trinajstić information content (AvgIpc) is 3.18. The maximum Gasteiger partial charge on any atom is 0.277 e. The standard InChI is InChI=1S/C15H22N4O4S2/c1-9(12-16-13(19-23-12)15(2,3)4)24-14-18-17-11(22-14)7-10-5-6-25(20,21)8-10/h9-10H,5-8H2,1-4H3/t9-,10+/m1/s1. The maximum absolute atomic E-state index is 11.5. The van der Waals surface area contributed by atoms with E-state index in [4.69, 9.17) is 8.94 Å². The molecule has 0 spiro atoms. The molecule has 10 heteroatoms. The van der Waals surface area contributed by atoms with Gasteiger partial charge in [0, 0.05) is 11.8 Å². The summed E-state index contributed by atoms with van der Waals surface area (Å²) in [6, 6.07) is 0. The van der Waals surface area contributed by atoms with Crippen LogP contribution in [0.25, 0.3) is 0 Å². The minimum atomic E-state index is -2.90. The highest BCUT2D eigenvalue weighted by Crippen LogP contribution is 2.34. The third-order valence-electron chi connectivity index (χ3n) is 3.98. The lowest BCUT2D eigenvalue weighted by Gasteiger charge is -2.11. The van der Waals surface area contributed by atoms with Crippen molar-refractivity contribution in [3.05, 3.63) is 17.6 Å². The van der Waals surface area contributed by atoms with Crippen LogP contribution in [0.4, 0.5) is 0 Å². The van der Waals surface area contributed by atoms with Gasteiger partial charge in [0.05, 0.1) is 16.8 Å². The molecule has 2 aromatic heterocycles. The highest BCUT2D eigenvalue weighted by Gasteiger charge is 2.30. The van der Waals surface area contributed by atoms with Gasteiger partial charge in [0.1, 0.15) is 0 Å². The maximum atomic E-state index is 11.5. The van der Waals surface area contributed by atoms with Crippen LogP contribution in [0.2, 0.25) is 0 Å². The summed E-state index contributed by atoms with van der Waals surface area (Å²) < 4.78 is 34.0. The number of sulfone groups is 1. The Morgan fingerprint density at radius 3 is 2.68 bits per heavy atom. The van der Waals surface area contributed by atoms with Crippen molar-refractivity contribution < 1.29 is 17.4 Å². The summed E-state index contributed by atoms with van der Waals surface area (Å²) in [6.07, 6.45) is 1.15. The number of rotatable bonds is 5. The second-order valence-electron chi connectivity index (χ2n) is 7.40. The van der Waals surface area contributed by atoms with E-state index in [1.807, 2.05) is 27.7 Å². The van der Waals surface area contributed by atoms with E-state index in [0.29, 0.717) is 35.7 Å². The molecule has 2 atom stereocenters. The molecule has 3 heterocycles. The predicted molar refractivity (Wildman–Crippen MR) is 92.0 cm³/mol. The second kappa shape index (κ2) is 6.71. The minimum absolute atomic E-state index is 0.0611. The molecule has 0 amide bonds. The van der Waals surface area contributed by atoms with Crippen molar-refractivity contribution in [2.24, 2.45) is 5.92 Å². The van der Waals surface area contributed by atoms with E-state index in [1.165, 1.54) is 11.8 Å². The first kappa shape index (κ1) is 18.4. The molecule has 1 aliphatic heterocycles. The zero-order valence-electron chi connectivity index (χ0n) is 14.7. The largest absolute Gasteiger partial charge is 0.416 e. The summed E-state index contributed by atoms with van der Waals surface area (Å²) >= 11 is 1.34. The Kier molecular flexibility index (Phi) is 4.93. The summed E-state index contributed by atoms with van der Waals surface area (Å²) in [5.41, 5.74) is -0.175. The molecule has 8 nitrogen and oxygen atoms in total. The highest BCUT2D eigenvalue weighted by molar-refractivity contribution is 7.99. The molecule has 0 N–H and O–H groups in total. The molecular weight excluding hydrogens is 364 g/mol. The number of hydrogen-bond donors (Lipinski definition) is 0. The van der Waals surface area contributed by atoms with Crippen molar-refractivity contribution in [3.63, 3.8) is 0 Å². The average molecular weight is 386 g/mol. The molecule has 2 aromatic rings. The van der Waals surface area contributed by atoms with Gasteiger partial charge in [0.25, 0.3) is 5.22 Å². The predicted octanol–water partition coefficient (Wildman–Crippen LogP) is 2.58. The molecular formula is C15H22N4O4S2. The molecule has 0 saturated carbocycles. The van der Waals surface area contributed by atoms with Crippen molar-refractivity contribution >= 4 is 21.6 Å². The number of hydrogen-bond acceptors (Lipinski definition) is 9. The fourth-order valence-electron chi connectivity index (χ4n) is 2.55. The van der Waals surface area contributed by atoms with Gasteiger partial charge in [0.2, 0.25) is 11.8 Å². The van der Waals surface area contributed by atoms with E-state index >= 15 is 0 Å². The van der Waals surface area contributed by atoms with Gasteiger partial charge in [-0.2, -0.15) is 4.98 Å². The molecule has 0 radical (unpaired) electrons. The van der Waals surface area contributed by atoms with Gasteiger partial charge in [-0.25, -0.2) is 8.42 Å². The van der Waals surface area contributed by atoms with Gasteiger partial charge in [-0.3, -0.25) is 0 Å². The van der Waals surface area contributed by atoms with Crippen LogP contribution in [0.3, 0.4) is 0 Å². The third-order valence-corrected chi connectivity index (χ3v) is 6.74. The summed E-state index contributed by atoms with van der Waals surface area (Å²) in [6.45, 7) is 7.99. The summed E-state index contributed by atoms with van der Waals surface area (Å²) in [5.74, 6) is 2.15. The molecule has 138 valence electrons. The molecule has 0 unspecified atom stereocenters. The Bertz CT molecular complexity index is 838. The quantitative estimate of drug-likeness (QED) is 0.715.